The van der Waals surface area contributed by atoms with Crippen LogP contribution in [-0.4, -0.2) is 145 Å². The van der Waals surface area contributed by atoms with Crippen molar-refractivity contribution >= 4 is 381 Å². The van der Waals surface area contributed by atoms with Gasteiger partial charge in [-0.1, -0.05) is 132 Å². The molecule has 16 nitrogen and oxygen atoms in total. The van der Waals surface area contributed by atoms with Crippen molar-refractivity contribution in [2.45, 2.75) is 334 Å². The predicted octanol–water partition coefficient (Wildman–Crippen LogP) is 33.4. The van der Waals surface area contributed by atoms with Crippen molar-refractivity contribution in [3.05, 3.63) is 0 Å². The molecule has 42 heteroatoms. The Morgan fingerprint density at radius 3 is 0.705 bits per heavy atom. The van der Waals surface area contributed by atoms with E-state index in [4.69, 9.17) is 279 Å². The molecule has 0 bridgehead atoms. The molecular weight excluding hydrogens is 2230 g/mol. The van der Waals surface area contributed by atoms with Gasteiger partial charge in [-0.3, -0.25) is 57.5 Å². The fourth-order valence-electron chi connectivity index (χ4n) is 8.38. The Morgan fingerprint density at radius 2 is 0.525 bits per heavy atom. The Morgan fingerprint density at radius 1 is 0.295 bits per heavy atom. The van der Waals surface area contributed by atoms with E-state index in [1.807, 2.05) is 13.8 Å². The zero-order valence-electron chi connectivity index (χ0n) is 70.7. The zero-order chi connectivity index (χ0) is 96.5. The second-order valence-electron chi connectivity index (χ2n) is 27.3. The molecule has 0 N–H and O–H groups in total. The highest BCUT2D eigenvalue weighted by Crippen LogP contribution is 2.31. The minimum Gasteiger partial charge on any atom is -0.348 e. The normalized spacial score (nSPS) is 11.8. The molecule has 0 aromatic heterocycles. The minimum absolute atomic E-state index is 0.00182. The van der Waals surface area contributed by atoms with Crippen LogP contribution in [0.5, 0.6) is 0 Å². The molecule has 0 atom stereocenters. The highest BCUT2D eigenvalue weighted by molar-refractivity contribution is 9.19. The van der Waals surface area contributed by atoms with Crippen molar-refractivity contribution in [1.29, 1.82) is 0 Å². The molecule has 0 saturated heterocycles. The van der Waals surface area contributed by atoms with Crippen LogP contribution < -0.4 is 0 Å². The van der Waals surface area contributed by atoms with Crippen LogP contribution >= 0.6 is 311 Å². The summed E-state index contributed by atoms with van der Waals surface area (Å²) in [5.41, 5.74) is -0.517. The molecule has 1 fully saturated rings. The molecule has 730 valence electrons. The lowest BCUT2D eigenvalue weighted by Gasteiger charge is -2.24. The third-order valence-electron chi connectivity index (χ3n) is 15.1. The molecule has 122 heavy (non-hydrogen) atoms. The largest absolute Gasteiger partial charge is 0.348 e. The molecule has 1 aliphatic carbocycles. The first-order valence-corrected chi connectivity index (χ1v) is 52.7. The number of unbranched alkanes of at least 4 members (excludes halogenated alkanes) is 24. The van der Waals surface area contributed by atoms with E-state index in [1.54, 1.807) is 13.8 Å². The summed E-state index contributed by atoms with van der Waals surface area (Å²) >= 11 is 131. The van der Waals surface area contributed by atoms with Crippen molar-refractivity contribution in [2.24, 2.45) is 17.3 Å². The lowest BCUT2D eigenvalue weighted by atomic mass is 9.83. The maximum absolute atomic E-state index is 11.0. The van der Waals surface area contributed by atoms with Crippen molar-refractivity contribution in [2.75, 3.05) is 70.0 Å². The van der Waals surface area contributed by atoms with E-state index in [0.717, 1.165) is 178 Å². The van der Waals surface area contributed by atoms with Crippen LogP contribution in [0.15, 0.2) is 0 Å². The van der Waals surface area contributed by atoms with Gasteiger partial charge in [0.15, 0.2) is 0 Å². The van der Waals surface area contributed by atoms with Gasteiger partial charge in [0.05, 0.1) is 22.5 Å². The van der Waals surface area contributed by atoms with Crippen LogP contribution in [0.3, 0.4) is 0 Å². The smallest absolute Gasteiger partial charge is 0.330 e. The Balaban J connectivity index is -0.000000109. The highest BCUT2D eigenvalue weighted by atomic mass is 79.9. The number of rotatable bonds is 58. The lowest BCUT2D eigenvalue weighted by molar-refractivity contribution is -0.144. The summed E-state index contributed by atoms with van der Waals surface area (Å²) in [6.45, 7) is 7.22. The van der Waals surface area contributed by atoms with E-state index in [-0.39, 0.29) is 82.1 Å². The molecule has 1 rings (SSSR count). The van der Waals surface area contributed by atoms with E-state index >= 15 is 0 Å². The van der Waals surface area contributed by atoms with E-state index < -0.39 is 22.6 Å². The average molecular weight is 2360 g/mol. The van der Waals surface area contributed by atoms with Gasteiger partial charge in [0.25, 0.3) is 0 Å². The zero-order valence-corrected chi connectivity index (χ0v) is 92.0. The van der Waals surface area contributed by atoms with Gasteiger partial charge in [-0.2, -0.15) is 0 Å². The summed E-state index contributed by atoms with van der Waals surface area (Å²) in [4.78, 5) is 132. The summed E-state index contributed by atoms with van der Waals surface area (Å²) < 4.78 is 12.2. The van der Waals surface area contributed by atoms with E-state index in [2.05, 4.69) is 44.7 Å². The predicted molar refractivity (Wildman–Crippen MR) is 537 cm³/mol. The lowest BCUT2D eigenvalue weighted by Crippen LogP contribution is -2.24. The Bertz CT molecular complexity index is 2380. The van der Waals surface area contributed by atoms with E-state index in [1.165, 1.54) is 70.6 Å². The van der Waals surface area contributed by atoms with Gasteiger partial charge in [-0.15, -0.1) is 139 Å². The van der Waals surface area contributed by atoms with Crippen LogP contribution in [-0.2, 0) is 75.2 Å². The van der Waals surface area contributed by atoms with Crippen molar-refractivity contribution < 1.29 is 75.2 Å². The first-order valence-electron chi connectivity index (χ1n) is 40.2. The molecule has 0 aromatic rings. The summed E-state index contributed by atoms with van der Waals surface area (Å²) in [6.07, 6.45) is 43.7. The van der Waals surface area contributed by atoms with Gasteiger partial charge >= 0.3 is 17.9 Å². The average Bonchev–Trinajstić information content (AvgIpc) is 0.908. The summed E-state index contributed by atoms with van der Waals surface area (Å²) in [7, 11) is 0. The number of carbonyl (C=O) groups is 13. The van der Waals surface area contributed by atoms with Crippen LogP contribution in [0.4, 0.5) is 0 Å². The molecule has 1 saturated carbocycles. The fourth-order valence-corrected chi connectivity index (χ4v) is 11.9. The summed E-state index contributed by atoms with van der Waals surface area (Å²) in [5.74, 6) is 5.77. The van der Waals surface area contributed by atoms with Gasteiger partial charge in [-0.25, -0.2) is 4.79 Å². The number of halogens is 26. The minimum atomic E-state index is -0.517. The second kappa shape index (κ2) is 126. The van der Waals surface area contributed by atoms with Crippen molar-refractivity contribution in [1.82, 2.24) is 0 Å². The topological polar surface area (TPSA) is 250 Å². The van der Waals surface area contributed by atoms with E-state index in [9.17, 15) is 62.3 Å². The first kappa shape index (κ1) is 151. The molecular formula is C80H132Br2Cl24O16. The number of hydrogen-bond acceptors (Lipinski definition) is 16. The molecule has 0 spiro atoms. The monoisotopic (exact) mass is 2350 g/mol. The molecule has 0 amide bonds. The Kier molecular flexibility index (Phi) is 156. The van der Waals surface area contributed by atoms with Gasteiger partial charge in [0, 0.05) is 121 Å². The number of hydrogen-bond donors (Lipinski definition) is 0. The maximum atomic E-state index is 11.0. The third-order valence-corrected chi connectivity index (χ3v) is 22.1. The summed E-state index contributed by atoms with van der Waals surface area (Å²) in [5, 5.41) is -2.16. The van der Waals surface area contributed by atoms with Gasteiger partial charge < -0.3 is 12.9 Å². The molecule has 1 aliphatic rings. The highest BCUT2D eigenvalue weighted by Gasteiger charge is 2.29. The SMILES string of the molecule is CC(C)(CCCCl)C(=O)OCl.CC(C)(Cl)CCC(=O)OCl.O=C(Br)CBr.O=C(Cl)CCCCCCCCCCCCCl.O=C(Cl)CCCCCCCCCl.O=C(Cl)CCCCCCCCl.O=C(Cl)CCCCCCCl.O=C(Cl)CCCCCCl.O=C(Cl)CCCCCl.O=C(Cl)CCCCl.O=C(Cl)CCCl.O=C(Cl)CCl.O=C(OCl)C1CCC(CCl)CC1. The number of alkyl halides is 13. The summed E-state index contributed by atoms with van der Waals surface area (Å²) in [6, 6.07) is 0. The van der Waals surface area contributed by atoms with Crippen LogP contribution in [0, 0.1) is 17.3 Å². The first-order chi connectivity index (χ1) is 57.5. The molecule has 0 aliphatic heterocycles. The third kappa shape index (κ3) is 179. The standard InChI is InChI=1S/C13H24Cl2O.C9H16Cl2O.C8H12Cl2O2.C8H14Cl2O.C7H12Cl2O2.C7H12Cl2O.C6H10Cl2O2.C6H10Cl2O.C5H8Cl2O.C4H6Cl2O.C3H4Cl2O.C2H2Br2O.C2H2Cl2O/c14-12-10-8-6-4-2-1-3-5-7-9-11-13(15)16;10-8-6-4-2-1-3-5-7-9(11)12;9-5-6-1-3-7(4-2-6)8(11)12-10;9-7-5-3-1-2-4-6-8(10)11;1-7(2,4-3-5-8)6(10)11-9;8-6-4-2-1-3-5-7(9)10;1-6(2,7)4-3-5(9)10-8;7-5-3-1-2-4-6(8)9;6-4-2-1-3-5(7)8;5-3-1-2-4(6)7;4-2-1-3(5)6;2*3-1-2(4)5/h1-12H2;1-8H2;6-7H,1-5H2;1-7H2;3-5H2,1-2H3;1-6H2;3-4H2,1-2H3;1-5H2;1-4H2;1-3H2;1-2H2;2*1H2. The Labute approximate surface area is 868 Å². The van der Waals surface area contributed by atoms with Crippen LogP contribution in [0.1, 0.15) is 329 Å². The maximum Gasteiger partial charge on any atom is 0.330 e. The molecule has 0 heterocycles. The van der Waals surface area contributed by atoms with Crippen LogP contribution in [0.25, 0.3) is 0 Å². The molecule has 0 aromatic carbocycles. The van der Waals surface area contributed by atoms with Crippen molar-refractivity contribution in [3.63, 3.8) is 0 Å². The van der Waals surface area contributed by atoms with Crippen molar-refractivity contribution in [3.8, 4) is 0 Å². The Hall–Kier alpha value is 3.03. The van der Waals surface area contributed by atoms with Gasteiger partial charge in [0.2, 0.25) is 51.9 Å². The molecule has 0 radical (unpaired) electrons. The number of carbonyl (C=O) groups excluding carboxylic acids is 13. The second-order valence-corrected chi connectivity index (χ2v) is 38.0. The fraction of sp³-hybridized carbons (Fsp3) is 0.838. The van der Waals surface area contributed by atoms with Gasteiger partial charge in [-0.05, 0) is 282 Å². The van der Waals surface area contributed by atoms with Crippen LogP contribution in [0.2, 0.25) is 0 Å². The van der Waals surface area contributed by atoms with E-state index in [0.29, 0.717) is 111 Å². The van der Waals surface area contributed by atoms with Gasteiger partial charge in [0.1, 0.15) is 35.6 Å². The molecule has 0 unspecified atom stereocenters. The quantitative estimate of drug-likeness (QED) is 0.0312.